The molecule has 0 aromatic heterocycles. The second-order valence-electron chi connectivity index (χ2n) is 8.71. The van der Waals surface area contributed by atoms with Gasteiger partial charge in [-0.05, 0) is 35.3 Å². The molecule has 1 aliphatic carbocycles. The number of benzene rings is 1. The van der Waals surface area contributed by atoms with Gasteiger partial charge in [0.15, 0.2) is 0 Å². The van der Waals surface area contributed by atoms with Gasteiger partial charge in [0.25, 0.3) is 0 Å². The minimum atomic E-state index is -0.717. The predicted octanol–water partition coefficient (Wildman–Crippen LogP) is 5.27. The van der Waals surface area contributed by atoms with Crippen LogP contribution in [0.5, 0.6) is 0 Å². The smallest absolute Gasteiger partial charge is 0.0947 e. The quantitative estimate of drug-likeness (QED) is 0.737. The summed E-state index contributed by atoms with van der Waals surface area (Å²) in [6.45, 7) is 15.1. The lowest BCUT2D eigenvalue weighted by molar-refractivity contribution is -0.0364. The van der Waals surface area contributed by atoms with E-state index in [1.807, 2.05) is 30.3 Å². The van der Waals surface area contributed by atoms with Crippen molar-refractivity contribution in [3.63, 3.8) is 0 Å². The monoisotopic (exact) mass is 330 g/mol. The van der Waals surface area contributed by atoms with E-state index < -0.39 is 5.60 Å². The summed E-state index contributed by atoms with van der Waals surface area (Å²) in [4.78, 5) is 0. The molecule has 134 valence electrons. The van der Waals surface area contributed by atoms with Crippen molar-refractivity contribution in [3.05, 3.63) is 59.2 Å². The molecular formula is C22H34O2. The lowest BCUT2D eigenvalue weighted by Crippen LogP contribution is -2.48. The first kappa shape index (κ1) is 20.7. The highest BCUT2D eigenvalue weighted by Gasteiger charge is 2.46. The van der Waals surface area contributed by atoms with Crippen LogP contribution in [0.2, 0.25) is 0 Å². The molecule has 1 atom stereocenters. The topological polar surface area (TPSA) is 40.5 Å². The summed E-state index contributed by atoms with van der Waals surface area (Å²) in [6.07, 6.45) is 5.03. The SMILES string of the molecule is CC1=CCC(O)(C(C)(C)C)C(C(C)(C)C)=C1.OCc1ccccc1. The second-order valence-corrected chi connectivity index (χ2v) is 8.71. The molecule has 0 saturated heterocycles. The summed E-state index contributed by atoms with van der Waals surface area (Å²) in [5.74, 6) is 0. The van der Waals surface area contributed by atoms with Crippen molar-refractivity contribution in [2.45, 2.75) is 67.1 Å². The van der Waals surface area contributed by atoms with Crippen LogP contribution < -0.4 is 0 Å². The van der Waals surface area contributed by atoms with Crippen LogP contribution in [0, 0.1) is 10.8 Å². The third-order valence-electron chi connectivity index (χ3n) is 4.61. The predicted molar refractivity (Wildman–Crippen MR) is 103 cm³/mol. The van der Waals surface area contributed by atoms with E-state index >= 15 is 0 Å². The molecule has 0 fully saturated rings. The standard InChI is InChI=1S/C15H26O.C7H8O/c1-11-8-9-15(16,14(5,6)7)12(10-11)13(2,3)4;8-6-7-4-2-1-3-5-7/h8,10,16H,9H2,1-7H3;1-5,8H,6H2. The Labute approximate surface area is 147 Å². The summed E-state index contributed by atoms with van der Waals surface area (Å²) < 4.78 is 0. The Morgan fingerprint density at radius 3 is 1.92 bits per heavy atom. The molecule has 1 aliphatic rings. The van der Waals surface area contributed by atoms with E-state index in [2.05, 4.69) is 60.6 Å². The van der Waals surface area contributed by atoms with Gasteiger partial charge in [-0.1, -0.05) is 89.6 Å². The normalized spacial score (nSPS) is 21.4. The zero-order valence-corrected chi connectivity index (χ0v) is 16.4. The third kappa shape index (κ3) is 5.06. The highest BCUT2D eigenvalue weighted by Crippen LogP contribution is 2.48. The molecule has 2 heteroatoms. The maximum Gasteiger partial charge on any atom is 0.0947 e. The highest BCUT2D eigenvalue weighted by atomic mass is 16.3. The molecule has 0 aliphatic heterocycles. The van der Waals surface area contributed by atoms with E-state index in [0.717, 1.165) is 17.6 Å². The molecule has 0 saturated carbocycles. The summed E-state index contributed by atoms with van der Waals surface area (Å²) in [5.41, 5.74) is 2.55. The van der Waals surface area contributed by atoms with Gasteiger partial charge in [-0.15, -0.1) is 0 Å². The van der Waals surface area contributed by atoms with Crippen LogP contribution in [0.3, 0.4) is 0 Å². The number of aliphatic hydroxyl groups excluding tert-OH is 1. The molecule has 0 spiro atoms. The number of hydrogen-bond acceptors (Lipinski definition) is 2. The number of allylic oxidation sites excluding steroid dienone is 2. The highest BCUT2D eigenvalue weighted by molar-refractivity contribution is 5.38. The molecule has 2 nitrogen and oxygen atoms in total. The van der Waals surface area contributed by atoms with Gasteiger partial charge >= 0.3 is 0 Å². The molecule has 1 unspecified atom stereocenters. The fourth-order valence-electron chi connectivity index (χ4n) is 2.96. The molecule has 0 radical (unpaired) electrons. The lowest BCUT2D eigenvalue weighted by Gasteiger charge is -2.48. The van der Waals surface area contributed by atoms with Crippen molar-refractivity contribution in [1.29, 1.82) is 0 Å². The molecule has 0 heterocycles. The summed E-state index contributed by atoms with van der Waals surface area (Å²) in [5, 5.41) is 19.5. The van der Waals surface area contributed by atoms with Gasteiger partial charge in [0.2, 0.25) is 0 Å². The largest absolute Gasteiger partial charge is 0.392 e. The molecule has 0 amide bonds. The van der Waals surface area contributed by atoms with Crippen molar-refractivity contribution < 1.29 is 10.2 Å². The third-order valence-corrected chi connectivity index (χ3v) is 4.61. The van der Waals surface area contributed by atoms with Crippen LogP contribution in [0.1, 0.15) is 60.5 Å². The molecule has 1 aromatic carbocycles. The van der Waals surface area contributed by atoms with Gasteiger partial charge < -0.3 is 10.2 Å². The van der Waals surface area contributed by atoms with Crippen LogP contribution >= 0.6 is 0 Å². The van der Waals surface area contributed by atoms with E-state index in [0.29, 0.717) is 0 Å². The zero-order chi connectivity index (χ0) is 18.6. The van der Waals surface area contributed by atoms with Crippen LogP contribution in [0.25, 0.3) is 0 Å². The molecule has 0 bridgehead atoms. The van der Waals surface area contributed by atoms with Gasteiger partial charge in [0, 0.05) is 0 Å². The van der Waals surface area contributed by atoms with Crippen LogP contribution in [0.15, 0.2) is 53.6 Å². The molecule has 1 aromatic rings. The number of rotatable bonds is 1. The fourth-order valence-corrected chi connectivity index (χ4v) is 2.96. The summed E-state index contributed by atoms with van der Waals surface area (Å²) >= 11 is 0. The first-order valence-electron chi connectivity index (χ1n) is 8.68. The van der Waals surface area contributed by atoms with Crippen molar-refractivity contribution in [1.82, 2.24) is 0 Å². The van der Waals surface area contributed by atoms with E-state index in [1.165, 1.54) is 5.57 Å². The van der Waals surface area contributed by atoms with Crippen LogP contribution in [-0.2, 0) is 6.61 Å². The molecule has 24 heavy (non-hydrogen) atoms. The Balaban J connectivity index is 0.000000300. The van der Waals surface area contributed by atoms with E-state index in [9.17, 15) is 5.11 Å². The average molecular weight is 331 g/mol. The van der Waals surface area contributed by atoms with Crippen molar-refractivity contribution in [3.8, 4) is 0 Å². The zero-order valence-electron chi connectivity index (χ0n) is 16.4. The Bertz CT molecular complexity index is 583. The fraction of sp³-hybridized carbons (Fsp3) is 0.545. The summed E-state index contributed by atoms with van der Waals surface area (Å²) in [6, 6.07) is 9.52. The van der Waals surface area contributed by atoms with Gasteiger partial charge in [0.05, 0.1) is 12.2 Å². The van der Waals surface area contributed by atoms with E-state index in [1.54, 1.807) is 0 Å². The Morgan fingerprint density at radius 1 is 1.00 bits per heavy atom. The minimum Gasteiger partial charge on any atom is -0.392 e. The number of hydrogen-bond donors (Lipinski definition) is 2. The van der Waals surface area contributed by atoms with Crippen molar-refractivity contribution >= 4 is 0 Å². The minimum absolute atomic E-state index is 0.0115. The number of aliphatic hydroxyl groups is 2. The first-order chi connectivity index (χ1) is 10.9. The van der Waals surface area contributed by atoms with Crippen LogP contribution in [0.4, 0.5) is 0 Å². The van der Waals surface area contributed by atoms with E-state index in [4.69, 9.17) is 5.11 Å². The van der Waals surface area contributed by atoms with E-state index in [-0.39, 0.29) is 17.4 Å². The van der Waals surface area contributed by atoms with Gasteiger partial charge in [-0.2, -0.15) is 0 Å². The molecule has 2 N–H and O–H groups in total. The maximum atomic E-state index is 11.0. The Hall–Kier alpha value is -1.38. The van der Waals surface area contributed by atoms with Gasteiger partial charge in [0.1, 0.15) is 0 Å². The lowest BCUT2D eigenvalue weighted by atomic mass is 9.61. The second kappa shape index (κ2) is 7.67. The first-order valence-corrected chi connectivity index (χ1v) is 8.68. The summed E-state index contributed by atoms with van der Waals surface area (Å²) in [7, 11) is 0. The van der Waals surface area contributed by atoms with Crippen molar-refractivity contribution in [2.75, 3.05) is 0 Å². The van der Waals surface area contributed by atoms with Crippen molar-refractivity contribution in [2.24, 2.45) is 10.8 Å². The Kier molecular flexibility index (Phi) is 6.60. The van der Waals surface area contributed by atoms with Gasteiger partial charge in [-0.3, -0.25) is 0 Å². The van der Waals surface area contributed by atoms with Gasteiger partial charge in [-0.25, -0.2) is 0 Å². The maximum absolute atomic E-state index is 11.0. The van der Waals surface area contributed by atoms with Crippen LogP contribution in [-0.4, -0.2) is 15.8 Å². The molecular weight excluding hydrogens is 296 g/mol. The Morgan fingerprint density at radius 2 is 1.54 bits per heavy atom. The molecule has 2 rings (SSSR count). The average Bonchev–Trinajstić information content (AvgIpc) is 2.49.